The van der Waals surface area contributed by atoms with Crippen LogP contribution in [-0.2, 0) is 24.1 Å². The summed E-state index contributed by atoms with van der Waals surface area (Å²) in [6, 6.07) is 9.69. The van der Waals surface area contributed by atoms with Gasteiger partial charge >= 0.3 is 7.12 Å². The second-order valence-electron chi connectivity index (χ2n) is 6.48. The smallest absolute Gasteiger partial charge is 0.423 e. The number of thiophene rings is 1. The molecule has 3 heterocycles. The Labute approximate surface area is 160 Å². The monoisotopic (exact) mass is 383 g/mol. The van der Waals surface area contributed by atoms with Gasteiger partial charge in [-0.2, -0.15) is 0 Å². The van der Waals surface area contributed by atoms with Crippen molar-refractivity contribution in [2.24, 2.45) is 0 Å². The molecule has 5 rings (SSSR count). The fraction of sp³-hybridized carbons (Fsp3) is 0.222. The standard InChI is InChI=1S/C18H15BClN3O2S/c20-16-7-6-15(26-16)18-22-14-3-1-2-12(14)17(23-18)21-11-4-5-13-10(8-11)9-25-19(13)24/h4-8,24H,1-3,9H2,(H,21,22,23). The molecule has 26 heavy (non-hydrogen) atoms. The zero-order chi connectivity index (χ0) is 17.7. The molecule has 0 unspecified atom stereocenters. The normalized spacial score (nSPS) is 15.2. The van der Waals surface area contributed by atoms with Crippen molar-refractivity contribution in [2.75, 3.05) is 5.32 Å². The van der Waals surface area contributed by atoms with Gasteiger partial charge in [-0.15, -0.1) is 11.3 Å². The van der Waals surface area contributed by atoms with Crippen molar-refractivity contribution in [2.45, 2.75) is 25.9 Å². The quantitative estimate of drug-likeness (QED) is 0.679. The third-order valence-corrected chi connectivity index (χ3v) is 6.02. The first kappa shape index (κ1) is 16.3. The molecule has 0 bridgehead atoms. The van der Waals surface area contributed by atoms with E-state index in [2.05, 4.69) is 5.32 Å². The Kier molecular flexibility index (Phi) is 3.97. The van der Waals surface area contributed by atoms with Gasteiger partial charge in [-0.05, 0) is 54.6 Å². The molecule has 0 saturated heterocycles. The van der Waals surface area contributed by atoms with Gasteiger partial charge in [0.15, 0.2) is 5.82 Å². The van der Waals surface area contributed by atoms with Crippen LogP contribution in [-0.4, -0.2) is 22.1 Å². The molecule has 0 fully saturated rings. The van der Waals surface area contributed by atoms with Crippen molar-refractivity contribution in [3.63, 3.8) is 0 Å². The topological polar surface area (TPSA) is 67.3 Å². The molecule has 1 aliphatic heterocycles. The summed E-state index contributed by atoms with van der Waals surface area (Å²) in [7, 11) is -0.822. The van der Waals surface area contributed by atoms with Crippen LogP contribution in [0.15, 0.2) is 30.3 Å². The van der Waals surface area contributed by atoms with Crippen LogP contribution in [0.1, 0.15) is 23.2 Å². The SMILES string of the molecule is OB1OCc2cc(Nc3nc(-c4ccc(Cl)s4)nc4c3CCC4)ccc21. The van der Waals surface area contributed by atoms with E-state index in [9.17, 15) is 5.02 Å². The molecule has 0 saturated carbocycles. The third-order valence-electron chi connectivity index (χ3n) is 4.80. The summed E-state index contributed by atoms with van der Waals surface area (Å²) in [6.07, 6.45) is 3.05. The van der Waals surface area contributed by atoms with Gasteiger partial charge in [-0.3, -0.25) is 0 Å². The number of benzene rings is 1. The van der Waals surface area contributed by atoms with Gasteiger partial charge < -0.3 is 15.0 Å². The predicted octanol–water partition coefficient (Wildman–Crippen LogP) is 3.31. The average molecular weight is 384 g/mol. The molecule has 0 spiro atoms. The maximum atomic E-state index is 9.78. The summed E-state index contributed by atoms with van der Waals surface area (Å²) in [6.45, 7) is 0.423. The summed E-state index contributed by atoms with van der Waals surface area (Å²) in [5.41, 5.74) is 5.07. The van der Waals surface area contributed by atoms with Crippen LogP contribution in [0.5, 0.6) is 0 Å². The van der Waals surface area contributed by atoms with E-state index in [0.717, 1.165) is 56.7 Å². The second-order valence-corrected chi connectivity index (χ2v) is 8.20. The minimum absolute atomic E-state index is 0.423. The lowest BCUT2D eigenvalue weighted by Crippen LogP contribution is -2.27. The molecule has 130 valence electrons. The molecule has 0 atom stereocenters. The van der Waals surface area contributed by atoms with E-state index in [0.29, 0.717) is 12.4 Å². The van der Waals surface area contributed by atoms with Crippen molar-refractivity contribution in [1.82, 2.24) is 9.97 Å². The first-order valence-electron chi connectivity index (χ1n) is 8.52. The van der Waals surface area contributed by atoms with Crippen molar-refractivity contribution in [3.8, 4) is 10.7 Å². The van der Waals surface area contributed by atoms with Gasteiger partial charge in [0.2, 0.25) is 0 Å². The van der Waals surface area contributed by atoms with Crippen LogP contribution in [0.3, 0.4) is 0 Å². The van der Waals surface area contributed by atoms with Gasteiger partial charge in [-0.1, -0.05) is 17.7 Å². The number of nitrogens with zero attached hydrogens (tertiary/aromatic N) is 2. The van der Waals surface area contributed by atoms with Crippen molar-refractivity contribution < 1.29 is 9.68 Å². The number of halogens is 1. The molecule has 2 aliphatic rings. The second kappa shape index (κ2) is 6.35. The van der Waals surface area contributed by atoms with E-state index >= 15 is 0 Å². The number of aromatic nitrogens is 2. The zero-order valence-electron chi connectivity index (χ0n) is 13.8. The predicted molar refractivity (Wildman–Crippen MR) is 105 cm³/mol. The molecule has 2 aromatic heterocycles. The molecule has 0 radical (unpaired) electrons. The summed E-state index contributed by atoms with van der Waals surface area (Å²) in [5, 5.41) is 13.2. The Morgan fingerprint density at radius 1 is 1.19 bits per heavy atom. The number of hydrogen-bond donors (Lipinski definition) is 2. The highest BCUT2D eigenvalue weighted by molar-refractivity contribution is 7.19. The number of anilines is 2. The van der Waals surface area contributed by atoms with Crippen LogP contribution >= 0.6 is 22.9 Å². The minimum Gasteiger partial charge on any atom is -0.423 e. The van der Waals surface area contributed by atoms with E-state index in [-0.39, 0.29) is 0 Å². The highest BCUT2D eigenvalue weighted by Crippen LogP contribution is 2.34. The molecule has 0 amide bonds. The van der Waals surface area contributed by atoms with E-state index in [1.807, 2.05) is 30.3 Å². The van der Waals surface area contributed by atoms with Crippen molar-refractivity contribution in [1.29, 1.82) is 0 Å². The van der Waals surface area contributed by atoms with E-state index in [1.165, 1.54) is 16.9 Å². The molecule has 2 N–H and O–H groups in total. The number of aryl methyl sites for hydroxylation is 1. The highest BCUT2D eigenvalue weighted by atomic mass is 35.5. The molecular formula is C18H15BClN3O2S. The molecular weight excluding hydrogens is 369 g/mol. The Bertz CT molecular complexity index is 1010. The summed E-state index contributed by atoms with van der Waals surface area (Å²) in [5.74, 6) is 1.57. The maximum absolute atomic E-state index is 9.78. The first-order valence-corrected chi connectivity index (χ1v) is 9.72. The van der Waals surface area contributed by atoms with Crippen molar-refractivity contribution in [3.05, 3.63) is 51.5 Å². The Balaban J connectivity index is 1.53. The van der Waals surface area contributed by atoms with E-state index in [1.54, 1.807) is 0 Å². The van der Waals surface area contributed by atoms with E-state index < -0.39 is 7.12 Å². The number of fused-ring (bicyclic) bond motifs is 2. The van der Waals surface area contributed by atoms with Gasteiger partial charge in [0.1, 0.15) is 5.82 Å². The average Bonchev–Trinajstić information content (AvgIpc) is 3.35. The van der Waals surface area contributed by atoms with Gasteiger partial charge in [0, 0.05) is 16.9 Å². The highest BCUT2D eigenvalue weighted by Gasteiger charge is 2.27. The van der Waals surface area contributed by atoms with E-state index in [4.69, 9.17) is 26.2 Å². The molecule has 3 aromatic rings. The van der Waals surface area contributed by atoms with Gasteiger partial charge in [-0.25, -0.2) is 9.97 Å². The number of hydrogen-bond acceptors (Lipinski definition) is 6. The molecule has 5 nitrogen and oxygen atoms in total. The fourth-order valence-corrected chi connectivity index (χ4v) is 4.50. The number of nitrogens with one attached hydrogen (secondary N) is 1. The fourth-order valence-electron chi connectivity index (χ4n) is 3.53. The molecule has 8 heteroatoms. The van der Waals surface area contributed by atoms with Crippen molar-refractivity contribution >= 4 is 47.0 Å². The first-order chi connectivity index (χ1) is 12.7. The zero-order valence-corrected chi connectivity index (χ0v) is 15.4. The summed E-state index contributed by atoms with van der Waals surface area (Å²) < 4.78 is 6.00. The lowest BCUT2D eigenvalue weighted by Gasteiger charge is -2.12. The maximum Gasteiger partial charge on any atom is 0.491 e. The third kappa shape index (κ3) is 2.81. The Morgan fingerprint density at radius 2 is 2.12 bits per heavy atom. The van der Waals surface area contributed by atoms with Crippen LogP contribution in [0.4, 0.5) is 11.5 Å². The Hall–Kier alpha value is -1.93. The van der Waals surface area contributed by atoms with Crippen LogP contribution < -0.4 is 10.8 Å². The van der Waals surface area contributed by atoms with Crippen LogP contribution in [0, 0.1) is 0 Å². The summed E-state index contributed by atoms with van der Waals surface area (Å²) in [4.78, 5) is 10.5. The molecule has 1 aliphatic carbocycles. The minimum atomic E-state index is -0.822. The van der Waals surface area contributed by atoms with Crippen LogP contribution in [0.25, 0.3) is 10.7 Å². The lowest BCUT2D eigenvalue weighted by molar-refractivity contribution is 0.275. The largest absolute Gasteiger partial charge is 0.491 e. The summed E-state index contributed by atoms with van der Waals surface area (Å²) >= 11 is 7.56. The lowest BCUT2D eigenvalue weighted by atomic mass is 9.79. The van der Waals surface area contributed by atoms with Gasteiger partial charge in [0.05, 0.1) is 15.8 Å². The van der Waals surface area contributed by atoms with Gasteiger partial charge in [0.25, 0.3) is 0 Å². The number of rotatable bonds is 3. The molecule has 1 aromatic carbocycles. The Morgan fingerprint density at radius 3 is 2.96 bits per heavy atom. The van der Waals surface area contributed by atoms with Crippen LogP contribution in [0.2, 0.25) is 4.34 Å².